The summed E-state index contributed by atoms with van der Waals surface area (Å²) in [6, 6.07) is 12.3. The summed E-state index contributed by atoms with van der Waals surface area (Å²) in [4.78, 5) is 17.5. The van der Waals surface area contributed by atoms with E-state index >= 15 is 0 Å². The Hall–Kier alpha value is -3.28. The molecule has 0 spiro atoms. The molecular weight excluding hydrogens is 460 g/mol. The van der Waals surface area contributed by atoms with Crippen molar-refractivity contribution in [3.8, 4) is 5.75 Å². The van der Waals surface area contributed by atoms with Crippen molar-refractivity contribution in [2.24, 2.45) is 23.5 Å². The van der Waals surface area contributed by atoms with E-state index in [1.807, 2.05) is 24.3 Å². The zero-order valence-corrected chi connectivity index (χ0v) is 22.2. The molecule has 0 aliphatic heterocycles. The van der Waals surface area contributed by atoms with Crippen LogP contribution in [0.1, 0.15) is 69.2 Å². The molecule has 4 aliphatic rings. The van der Waals surface area contributed by atoms with E-state index in [9.17, 15) is 4.79 Å². The first-order valence-corrected chi connectivity index (χ1v) is 13.7. The number of aryl methyl sites for hydroxylation is 2. The Morgan fingerprint density at radius 2 is 1.70 bits per heavy atom. The molecule has 4 bridgehead atoms. The lowest BCUT2D eigenvalue weighted by atomic mass is 9.53. The molecule has 4 aliphatic carbocycles. The number of pyridine rings is 1. The molecule has 4 saturated carbocycles. The van der Waals surface area contributed by atoms with Crippen LogP contribution in [0, 0.1) is 17.8 Å². The van der Waals surface area contributed by atoms with E-state index in [1.54, 1.807) is 21.0 Å². The second-order valence-electron chi connectivity index (χ2n) is 11.8. The monoisotopic (exact) mass is 498 g/mol. The Morgan fingerprint density at radius 1 is 1.05 bits per heavy atom. The van der Waals surface area contributed by atoms with Crippen molar-refractivity contribution < 1.29 is 9.53 Å². The number of carbonyl (C=O) groups is 1. The fourth-order valence-corrected chi connectivity index (χ4v) is 7.83. The maximum Gasteiger partial charge on any atom is 0.162 e. The van der Waals surface area contributed by atoms with Crippen LogP contribution < -0.4 is 15.8 Å². The van der Waals surface area contributed by atoms with Crippen molar-refractivity contribution in [3.05, 3.63) is 65.1 Å². The predicted molar refractivity (Wildman–Crippen MR) is 148 cm³/mol. The minimum atomic E-state index is -0.0254. The number of hydrogen-bond acceptors (Lipinski definition) is 5. The fourth-order valence-electron chi connectivity index (χ4n) is 7.83. The minimum Gasteiger partial charge on any atom is -0.497 e. The summed E-state index contributed by atoms with van der Waals surface area (Å²) < 4.78 is 7.52. The number of rotatable bonds is 8. The smallest absolute Gasteiger partial charge is 0.162 e. The van der Waals surface area contributed by atoms with E-state index in [0.29, 0.717) is 11.3 Å². The van der Waals surface area contributed by atoms with Crippen LogP contribution in [0.3, 0.4) is 0 Å². The summed E-state index contributed by atoms with van der Waals surface area (Å²) in [5, 5.41) is 4.10. The number of anilines is 1. The van der Waals surface area contributed by atoms with Gasteiger partial charge in [-0.1, -0.05) is 12.1 Å². The molecule has 37 heavy (non-hydrogen) atoms. The third-order valence-electron chi connectivity index (χ3n) is 8.96. The molecule has 1 aromatic carbocycles. The molecule has 6 heteroatoms. The number of nitrogens with two attached hydrogens (primary N) is 1. The highest BCUT2D eigenvalue weighted by molar-refractivity contribution is 6.20. The normalized spacial score (nSPS) is 26.8. The summed E-state index contributed by atoms with van der Waals surface area (Å²) in [6.07, 6.45) is 11.9. The SMILES string of the molecule is COc1ccc(CCc2nc3cc(C(C(C)=O)=C(C)N)ccn3c2NC23CC4CC(CC(C4)C2)C3)cc1. The first kappa shape index (κ1) is 24.1. The lowest BCUT2D eigenvalue weighted by molar-refractivity contribution is -0.111. The molecule has 194 valence electrons. The van der Waals surface area contributed by atoms with E-state index in [-0.39, 0.29) is 11.3 Å². The quantitative estimate of drug-likeness (QED) is 0.384. The summed E-state index contributed by atoms with van der Waals surface area (Å²) in [7, 11) is 1.70. The topological polar surface area (TPSA) is 81.6 Å². The standard InChI is InChI=1S/C31H38N4O2/c1-19(32)29(20(2)36)25-10-11-35-28(15-25)33-27(9-6-21-4-7-26(37-3)8-5-21)30(35)34-31-16-22-12-23(17-31)14-24(13-22)18-31/h4-5,7-8,10-11,15,22-24,34H,6,9,12-14,16-18,32H2,1-3H3. The van der Waals surface area contributed by atoms with Crippen LogP contribution in [0.4, 0.5) is 5.82 Å². The molecular formula is C31H38N4O2. The Kier molecular flexibility index (Phi) is 6.01. The summed E-state index contributed by atoms with van der Waals surface area (Å²) in [5.74, 6) is 4.56. The number of aromatic nitrogens is 2. The molecule has 0 saturated heterocycles. The first-order chi connectivity index (χ1) is 17.8. The highest BCUT2D eigenvalue weighted by atomic mass is 16.5. The highest BCUT2D eigenvalue weighted by Crippen LogP contribution is 2.56. The van der Waals surface area contributed by atoms with E-state index < -0.39 is 0 Å². The third-order valence-corrected chi connectivity index (χ3v) is 8.96. The maximum atomic E-state index is 12.3. The van der Waals surface area contributed by atoms with Crippen LogP contribution in [-0.2, 0) is 17.6 Å². The number of carbonyl (C=O) groups excluding carboxylic acids is 1. The van der Waals surface area contributed by atoms with Gasteiger partial charge in [-0.25, -0.2) is 4.98 Å². The van der Waals surface area contributed by atoms with E-state index in [0.717, 1.165) is 59.1 Å². The number of ether oxygens (including phenoxy) is 1. The van der Waals surface area contributed by atoms with Gasteiger partial charge < -0.3 is 15.8 Å². The van der Waals surface area contributed by atoms with Gasteiger partial charge in [-0.05, 0) is 118 Å². The summed E-state index contributed by atoms with van der Waals surface area (Å²) in [5.41, 5.74) is 11.4. The zero-order valence-electron chi connectivity index (χ0n) is 22.2. The van der Waals surface area contributed by atoms with Crippen molar-refractivity contribution in [3.63, 3.8) is 0 Å². The summed E-state index contributed by atoms with van der Waals surface area (Å²) >= 11 is 0. The molecule has 4 fully saturated rings. The molecule has 6 nitrogen and oxygen atoms in total. The van der Waals surface area contributed by atoms with Crippen LogP contribution in [0.2, 0.25) is 0 Å². The Bertz CT molecular complexity index is 1330. The zero-order chi connectivity index (χ0) is 25.7. The van der Waals surface area contributed by atoms with Gasteiger partial charge in [-0.15, -0.1) is 0 Å². The molecule has 0 amide bonds. The molecule has 3 N–H and O–H groups in total. The molecule has 2 heterocycles. The molecule has 2 aromatic heterocycles. The lowest BCUT2D eigenvalue weighted by Crippen LogP contribution is -2.55. The number of ketones is 1. The Labute approximate surface area is 219 Å². The predicted octanol–water partition coefficient (Wildman–Crippen LogP) is 5.79. The number of hydrogen-bond donors (Lipinski definition) is 2. The Morgan fingerprint density at radius 3 is 2.27 bits per heavy atom. The molecule has 7 rings (SSSR count). The second kappa shape index (κ2) is 9.23. The number of nitrogens with one attached hydrogen (secondary N) is 1. The average Bonchev–Trinajstić information content (AvgIpc) is 3.17. The highest BCUT2D eigenvalue weighted by Gasteiger charge is 2.51. The lowest BCUT2D eigenvalue weighted by Gasteiger charge is -2.57. The minimum absolute atomic E-state index is 0.0254. The van der Waals surface area contributed by atoms with Crippen LogP contribution in [0.25, 0.3) is 11.2 Å². The number of nitrogens with zero attached hydrogens (tertiary/aromatic N) is 2. The van der Waals surface area contributed by atoms with Crippen molar-refractivity contribution in [1.29, 1.82) is 0 Å². The number of fused-ring (bicyclic) bond motifs is 1. The van der Waals surface area contributed by atoms with Crippen molar-refractivity contribution in [2.75, 3.05) is 12.4 Å². The van der Waals surface area contributed by atoms with Crippen molar-refractivity contribution in [2.45, 2.75) is 70.8 Å². The number of methoxy groups -OCH3 is 1. The van der Waals surface area contributed by atoms with Crippen LogP contribution in [0.15, 0.2) is 48.3 Å². The van der Waals surface area contributed by atoms with Crippen molar-refractivity contribution >= 4 is 22.8 Å². The van der Waals surface area contributed by atoms with Crippen LogP contribution in [0.5, 0.6) is 5.75 Å². The van der Waals surface area contributed by atoms with Gasteiger partial charge >= 0.3 is 0 Å². The van der Waals surface area contributed by atoms with Gasteiger partial charge in [0.2, 0.25) is 0 Å². The van der Waals surface area contributed by atoms with E-state index in [2.05, 4.69) is 28.0 Å². The maximum absolute atomic E-state index is 12.3. The van der Waals surface area contributed by atoms with Gasteiger partial charge in [0, 0.05) is 23.0 Å². The number of benzene rings is 1. The average molecular weight is 499 g/mol. The number of allylic oxidation sites excluding steroid dienone is 2. The molecule has 0 unspecified atom stereocenters. The van der Waals surface area contributed by atoms with Gasteiger partial charge in [0.15, 0.2) is 5.78 Å². The number of Topliss-reactive ketones (excluding diaryl/α,β-unsaturated/α-hetero) is 1. The first-order valence-electron chi connectivity index (χ1n) is 13.7. The Balaban J connectivity index is 1.37. The van der Waals surface area contributed by atoms with Crippen LogP contribution >= 0.6 is 0 Å². The van der Waals surface area contributed by atoms with Gasteiger partial charge in [-0.3, -0.25) is 9.20 Å². The number of imidazole rings is 1. The van der Waals surface area contributed by atoms with Gasteiger partial charge in [0.25, 0.3) is 0 Å². The third kappa shape index (κ3) is 4.51. The van der Waals surface area contributed by atoms with E-state index in [4.69, 9.17) is 15.5 Å². The second-order valence-corrected chi connectivity index (χ2v) is 11.8. The molecule has 0 radical (unpaired) electrons. The fraction of sp³-hybridized carbons (Fsp3) is 0.484. The van der Waals surface area contributed by atoms with Crippen molar-refractivity contribution in [1.82, 2.24) is 9.38 Å². The molecule has 3 aromatic rings. The van der Waals surface area contributed by atoms with Gasteiger partial charge in [0.1, 0.15) is 17.2 Å². The largest absolute Gasteiger partial charge is 0.497 e. The van der Waals surface area contributed by atoms with Gasteiger partial charge in [-0.2, -0.15) is 0 Å². The summed E-state index contributed by atoms with van der Waals surface area (Å²) in [6.45, 7) is 3.36. The van der Waals surface area contributed by atoms with Gasteiger partial charge in [0.05, 0.1) is 12.8 Å². The van der Waals surface area contributed by atoms with Crippen LogP contribution in [-0.4, -0.2) is 27.8 Å². The van der Waals surface area contributed by atoms with E-state index in [1.165, 1.54) is 44.1 Å². The molecule has 0 atom stereocenters.